The first-order valence-corrected chi connectivity index (χ1v) is 4.56. The van der Waals surface area contributed by atoms with Crippen LogP contribution in [0, 0.1) is 0 Å². The summed E-state index contributed by atoms with van der Waals surface area (Å²) in [7, 11) is 0. The van der Waals surface area contributed by atoms with Gasteiger partial charge in [-0.1, -0.05) is 6.92 Å². The molecule has 0 bridgehead atoms. The summed E-state index contributed by atoms with van der Waals surface area (Å²) in [5.41, 5.74) is 3.17. The quantitative estimate of drug-likeness (QED) is 0.638. The van der Waals surface area contributed by atoms with Crippen LogP contribution in [0.15, 0.2) is 24.3 Å². The fraction of sp³-hybridized carbons (Fsp3) is 0.300. The minimum Gasteiger partial charge on any atom is -0.352 e. The highest BCUT2D eigenvalue weighted by molar-refractivity contribution is 5.94. The van der Waals surface area contributed by atoms with Crippen LogP contribution in [0.25, 0.3) is 0 Å². The topological polar surface area (TPSA) is 61.4 Å². The second-order valence-corrected chi connectivity index (χ2v) is 2.95. The van der Waals surface area contributed by atoms with Gasteiger partial charge in [-0.15, -0.1) is 0 Å². The van der Waals surface area contributed by atoms with E-state index in [2.05, 4.69) is 5.32 Å². The molecule has 0 aromatic heterocycles. The molecular weight excluding hydrogens is 180 g/mol. The highest BCUT2D eigenvalue weighted by Gasteiger charge is 2.02. The Morgan fingerprint density at radius 1 is 1.36 bits per heavy atom. The SMILES string of the molecule is CCCNC(=O)c1ccc(NO)cc1. The van der Waals surface area contributed by atoms with Crippen LogP contribution in [0.4, 0.5) is 5.69 Å². The van der Waals surface area contributed by atoms with Gasteiger partial charge in [0.05, 0.1) is 5.69 Å². The minimum absolute atomic E-state index is 0.0867. The lowest BCUT2D eigenvalue weighted by Gasteiger charge is -2.04. The zero-order valence-electron chi connectivity index (χ0n) is 8.08. The van der Waals surface area contributed by atoms with Gasteiger partial charge in [0, 0.05) is 12.1 Å². The van der Waals surface area contributed by atoms with Gasteiger partial charge >= 0.3 is 0 Å². The maximum absolute atomic E-state index is 11.4. The Morgan fingerprint density at radius 3 is 2.50 bits per heavy atom. The standard InChI is InChI=1S/C10H14N2O2/c1-2-7-11-10(13)8-3-5-9(12-14)6-4-8/h3-6,12,14H,2,7H2,1H3,(H,11,13). The molecule has 3 N–H and O–H groups in total. The molecule has 0 aliphatic rings. The zero-order valence-corrected chi connectivity index (χ0v) is 8.08. The summed E-state index contributed by atoms with van der Waals surface area (Å²) in [5.74, 6) is -0.0867. The van der Waals surface area contributed by atoms with E-state index in [4.69, 9.17) is 5.21 Å². The number of rotatable bonds is 4. The first-order chi connectivity index (χ1) is 6.77. The van der Waals surface area contributed by atoms with Crippen molar-refractivity contribution in [3.8, 4) is 0 Å². The van der Waals surface area contributed by atoms with Gasteiger partial charge in [0.2, 0.25) is 0 Å². The number of nitrogens with one attached hydrogen (secondary N) is 2. The molecule has 0 atom stereocenters. The third-order valence-electron chi connectivity index (χ3n) is 1.81. The summed E-state index contributed by atoms with van der Waals surface area (Å²) in [6.45, 7) is 2.68. The maximum Gasteiger partial charge on any atom is 0.251 e. The predicted octanol–water partition coefficient (Wildman–Crippen LogP) is 1.63. The van der Waals surface area contributed by atoms with E-state index in [9.17, 15) is 4.79 Å². The molecule has 0 radical (unpaired) electrons. The van der Waals surface area contributed by atoms with Crippen LogP contribution in [-0.2, 0) is 0 Å². The van der Waals surface area contributed by atoms with Gasteiger partial charge in [0.1, 0.15) is 0 Å². The minimum atomic E-state index is -0.0867. The number of hydrogen-bond acceptors (Lipinski definition) is 3. The van der Waals surface area contributed by atoms with E-state index in [0.29, 0.717) is 17.8 Å². The first-order valence-electron chi connectivity index (χ1n) is 4.56. The molecular formula is C10H14N2O2. The number of anilines is 1. The Labute approximate surface area is 82.9 Å². The van der Waals surface area contributed by atoms with Gasteiger partial charge in [-0.2, -0.15) is 0 Å². The highest BCUT2D eigenvalue weighted by atomic mass is 16.5. The van der Waals surface area contributed by atoms with E-state index < -0.39 is 0 Å². The van der Waals surface area contributed by atoms with Crippen molar-refractivity contribution in [1.82, 2.24) is 5.32 Å². The summed E-state index contributed by atoms with van der Waals surface area (Å²) < 4.78 is 0. The molecule has 14 heavy (non-hydrogen) atoms. The van der Waals surface area contributed by atoms with Crippen LogP contribution in [0.5, 0.6) is 0 Å². The van der Waals surface area contributed by atoms with Crippen molar-refractivity contribution in [2.75, 3.05) is 12.0 Å². The molecule has 1 amide bonds. The lowest BCUT2D eigenvalue weighted by atomic mass is 10.2. The van der Waals surface area contributed by atoms with Gasteiger partial charge in [0.25, 0.3) is 5.91 Å². The van der Waals surface area contributed by atoms with Gasteiger partial charge in [-0.3, -0.25) is 15.5 Å². The van der Waals surface area contributed by atoms with Crippen molar-refractivity contribution in [2.45, 2.75) is 13.3 Å². The lowest BCUT2D eigenvalue weighted by Crippen LogP contribution is -2.23. The number of carbonyl (C=O) groups excluding carboxylic acids is 1. The molecule has 0 saturated heterocycles. The smallest absolute Gasteiger partial charge is 0.251 e. The van der Waals surface area contributed by atoms with Crippen molar-refractivity contribution in [1.29, 1.82) is 0 Å². The van der Waals surface area contributed by atoms with E-state index in [1.165, 1.54) is 0 Å². The van der Waals surface area contributed by atoms with E-state index >= 15 is 0 Å². The molecule has 4 heteroatoms. The highest BCUT2D eigenvalue weighted by Crippen LogP contribution is 2.07. The summed E-state index contributed by atoms with van der Waals surface area (Å²) in [6, 6.07) is 6.59. The Bertz CT molecular complexity index is 295. The van der Waals surface area contributed by atoms with E-state index in [-0.39, 0.29) is 5.91 Å². The van der Waals surface area contributed by atoms with Crippen LogP contribution in [0.2, 0.25) is 0 Å². The molecule has 0 saturated carbocycles. The molecule has 1 aromatic carbocycles. The zero-order chi connectivity index (χ0) is 10.4. The fourth-order valence-corrected chi connectivity index (χ4v) is 1.04. The Hall–Kier alpha value is -1.55. The third-order valence-corrected chi connectivity index (χ3v) is 1.81. The first kappa shape index (κ1) is 10.5. The average Bonchev–Trinajstić information content (AvgIpc) is 2.26. The van der Waals surface area contributed by atoms with Crippen molar-refractivity contribution in [2.24, 2.45) is 0 Å². The third kappa shape index (κ3) is 2.74. The van der Waals surface area contributed by atoms with Gasteiger partial charge in [-0.05, 0) is 30.7 Å². The molecule has 0 fully saturated rings. The fourth-order valence-electron chi connectivity index (χ4n) is 1.04. The van der Waals surface area contributed by atoms with E-state index in [0.717, 1.165) is 6.42 Å². The van der Waals surface area contributed by atoms with Crippen LogP contribution in [0.1, 0.15) is 23.7 Å². The number of amides is 1. The summed E-state index contributed by atoms with van der Waals surface area (Å²) >= 11 is 0. The van der Waals surface area contributed by atoms with Gasteiger partial charge in [0.15, 0.2) is 0 Å². The molecule has 0 aliphatic heterocycles. The molecule has 4 nitrogen and oxygen atoms in total. The largest absolute Gasteiger partial charge is 0.352 e. The normalized spacial score (nSPS) is 9.57. The Balaban J connectivity index is 2.62. The molecule has 0 heterocycles. The second kappa shape index (κ2) is 5.24. The van der Waals surface area contributed by atoms with E-state index in [1.54, 1.807) is 24.3 Å². The predicted molar refractivity (Wildman–Crippen MR) is 54.5 cm³/mol. The lowest BCUT2D eigenvalue weighted by molar-refractivity contribution is 0.0953. The molecule has 1 rings (SSSR count). The molecule has 1 aromatic rings. The van der Waals surface area contributed by atoms with Gasteiger partial charge < -0.3 is 5.32 Å². The molecule has 0 aliphatic carbocycles. The Morgan fingerprint density at radius 2 is 2.00 bits per heavy atom. The van der Waals surface area contributed by atoms with Crippen LogP contribution < -0.4 is 10.8 Å². The second-order valence-electron chi connectivity index (χ2n) is 2.95. The number of carbonyl (C=O) groups is 1. The summed E-state index contributed by atoms with van der Waals surface area (Å²) in [4.78, 5) is 11.4. The van der Waals surface area contributed by atoms with Crippen molar-refractivity contribution in [3.05, 3.63) is 29.8 Å². The Kier molecular flexibility index (Phi) is 3.94. The van der Waals surface area contributed by atoms with Crippen LogP contribution in [-0.4, -0.2) is 17.7 Å². The van der Waals surface area contributed by atoms with E-state index in [1.807, 2.05) is 12.4 Å². The maximum atomic E-state index is 11.4. The van der Waals surface area contributed by atoms with Crippen molar-refractivity contribution in [3.63, 3.8) is 0 Å². The van der Waals surface area contributed by atoms with Crippen molar-refractivity contribution >= 4 is 11.6 Å². The van der Waals surface area contributed by atoms with Crippen LogP contribution >= 0.6 is 0 Å². The van der Waals surface area contributed by atoms with Crippen LogP contribution in [0.3, 0.4) is 0 Å². The average molecular weight is 194 g/mol. The van der Waals surface area contributed by atoms with Crippen molar-refractivity contribution < 1.29 is 10.0 Å². The molecule has 0 unspecified atom stereocenters. The molecule has 76 valence electrons. The van der Waals surface area contributed by atoms with Gasteiger partial charge in [-0.25, -0.2) is 0 Å². The number of hydrogen-bond donors (Lipinski definition) is 3. The molecule has 0 spiro atoms. The number of benzene rings is 1. The monoisotopic (exact) mass is 194 g/mol. The summed E-state index contributed by atoms with van der Waals surface area (Å²) in [5, 5.41) is 11.3. The summed E-state index contributed by atoms with van der Waals surface area (Å²) in [6.07, 6.45) is 0.919.